The highest BCUT2D eigenvalue weighted by Gasteiger charge is 2.20. The maximum atomic E-state index is 9.42. The number of hydrogen-bond acceptors (Lipinski definition) is 3. The average molecular weight is 255 g/mol. The molecule has 0 saturated carbocycles. The van der Waals surface area contributed by atoms with Crippen molar-refractivity contribution < 1.29 is 10.0 Å². The number of pyridine rings is 1. The van der Waals surface area contributed by atoms with Crippen LogP contribution in [-0.4, -0.2) is 22.2 Å². The normalized spacial score (nSPS) is 11.4. The van der Waals surface area contributed by atoms with Crippen molar-refractivity contribution in [2.24, 2.45) is 0 Å². The Morgan fingerprint density at radius 2 is 1.79 bits per heavy atom. The van der Waals surface area contributed by atoms with Crippen LogP contribution in [0.25, 0.3) is 11.3 Å². The molecule has 0 aliphatic rings. The molecule has 2 rings (SSSR count). The topological polar surface area (TPSA) is 53.4 Å². The van der Waals surface area contributed by atoms with E-state index in [1.54, 1.807) is 12.3 Å². The van der Waals surface area contributed by atoms with Crippen LogP contribution in [0.5, 0.6) is 0 Å². The highest BCUT2D eigenvalue weighted by atomic mass is 16.4. The van der Waals surface area contributed by atoms with E-state index in [-0.39, 0.29) is 5.41 Å². The minimum atomic E-state index is -1.47. The van der Waals surface area contributed by atoms with Crippen LogP contribution < -0.4 is 5.46 Å². The van der Waals surface area contributed by atoms with E-state index in [9.17, 15) is 10.0 Å². The molecule has 0 spiro atoms. The quantitative estimate of drug-likeness (QED) is 0.803. The second-order valence-corrected chi connectivity index (χ2v) is 5.68. The summed E-state index contributed by atoms with van der Waals surface area (Å²) in [6.07, 6.45) is 1.73. The molecule has 1 aromatic heterocycles. The van der Waals surface area contributed by atoms with Gasteiger partial charge in [0.15, 0.2) is 0 Å². The highest BCUT2D eigenvalue weighted by Crippen LogP contribution is 2.26. The van der Waals surface area contributed by atoms with E-state index < -0.39 is 7.12 Å². The Labute approximate surface area is 114 Å². The van der Waals surface area contributed by atoms with Gasteiger partial charge in [0.25, 0.3) is 0 Å². The molecule has 0 radical (unpaired) electrons. The van der Waals surface area contributed by atoms with Gasteiger partial charge in [-0.3, -0.25) is 4.98 Å². The molecule has 0 unspecified atom stereocenters. The van der Waals surface area contributed by atoms with Crippen molar-refractivity contribution in [2.45, 2.75) is 26.2 Å². The summed E-state index contributed by atoms with van der Waals surface area (Å²) in [4.78, 5) is 4.31. The van der Waals surface area contributed by atoms with Gasteiger partial charge >= 0.3 is 7.12 Å². The third-order valence-corrected chi connectivity index (χ3v) is 3.08. The molecule has 0 amide bonds. The molecule has 2 aromatic rings. The van der Waals surface area contributed by atoms with Gasteiger partial charge in [0, 0.05) is 11.8 Å². The van der Waals surface area contributed by atoms with Gasteiger partial charge in [0.1, 0.15) is 0 Å². The molecule has 0 fully saturated rings. The zero-order valence-corrected chi connectivity index (χ0v) is 11.5. The van der Waals surface area contributed by atoms with E-state index in [1.807, 2.05) is 30.3 Å². The minimum absolute atomic E-state index is 0.0611. The Morgan fingerprint density at radius 3 is 2.32 bits per heavy atom. The van der Waals surface area contributed by atoms with Crippen LogP contribution in [-0.2, 0) is 5.41 Å². The molecule has 0 aliphatic carbocycles. The standard InChI is InChI=1S/C15H18BNO2/c1-15(2,3)12-8-11(9-13(10-12)16(18)19)14-6-4-5-7-17-14/h4-10,18-19H,1-3H3. The Morgan fingerprint density at radius 1 is 1.05 bits per heavy atom. The number of aromatic nitrogens is 1. The molecule has 2 N–H and O–H groups in total. The molecule has 1 heterocycles. The monoisotopic (exact) mass is 255 g/mol. The molecule has 1 aromatic carbocycles. The first-order valence-corrected chi connectivity index (χ1v) is 6.31. The van der Waals surface area contributed by atoms with Crippen LogP contribution in [0.1, 0.15) is 26.3 Å². The lowest BCUT2D eigenvalue weighted by Crippen LogP contribution is -2.31. The summed E-state index contributed by atoms with van der Waals surface area (Å²) in [5.74, 6) is 0. The van der Waals surface area contributed by atoms with E-state index >= 15 is 0 Å². The first-order chi connectivity index (χ1) is 8.88. The average Bonchev–Trinajstić information content (AvgIpc) is 2.38. The summed E-state index contributed by atoms with van der Waals surface area (Å²) >= 11 is 0. The molecule has 98 valence electrons. The predicted octanol–water partition coefficient (Wildman–Crippen LogP) is 1.73. The number of nitrogens with zero attached hydrogens (tertiary/aromatic N) is 1. The van der Waals surface area contributed by atoms with Crippen molar-refractivity contribution >= 4 is 12.6 Å². The van der Waals surface area contributed by atoms with Crippen molar-refractivity contribution in [3.05, 3.63) is 48.2 Å². The molecular weight excluding hydrogens is 237 g/mol. The van der Waals surface area contributed by atoms with Crippen molar-refractivity contribution in [3.8, 4) is 11.3 Å². The molecule has 3 nitrogen and oxygen atoms in total. The lowest BCUT2D eigenvalue weighted by molar-refractivity contribution is 0.425. The van der Waals surface area contributed by atoms with Crippen molar-refractivity contribution in [3.63, 3.8) is 0 Å². The molecule has 0 saturated heterocycles. The van der Waals surface area contributed by atoms with Gasteiger partial charge in [0.05, 0.1) is 5.69 Å². The second-order valence-electron chi connectivity index (χ2n) is 5.68. The Bertz CT molecular complexity index is 562. The van der Waals surface area contributed by atoms with Crippen molar-refractivity contribution in [2.75, 3.05) is 0 Å². The van der Waals surface area contributed by atoms with Gasteiger partial charge in [-0.05, 0) is 34.6 Å². The summed E-state index contributed by atoms with van der Waals surface area (Å²) < 4.78 is 0. The molecular formula is C15H18BNO2. The third-order valence-electron chi connectivity index (χ3n) is 3.08. The van der Waals surface area contributed by atoms with Crippen LogP contribution in [0.15, 0.2) is 42.6 Å². The highest BCUT2D eigenvalue weighted by molar-refractivity contribution is 6.58. The fourth-order valence-corrected chi connectivity index (χ4v) is 1.92. The maximum absolute atomic E-state index is 9.42. The lowest BCUT2D eigenvalue weighted by Gasteiger charge is -2.21. The number of rotatable bonds is 2. The van der Waals surface area contributed by atoms with E-state index in [1.165, 1.54) is 0 Å². The van der Waals surface area contributed by atoms with Gasteiger partial charge in [-0.15, -0.1) is 0 Å². The molecule has 0 aliphatic heterocycles. The van der Waals surface area contributed by atoms with E-state index in [0.717, 1.165) is 16.8 Å². The Kier molecular flexibility index (Phi) is 3.74. The van der Waals surface area contributed by atoms with Gasteiger partial charge in [-0.25, -0.2) is 0 Å². The zero-order valence-electron chi connectivity index (χ0n) is 11.5. The maximum Gasteiger partial charge on any atom is 0.488 e. The van der Waals surface area contributed by atoms with E-state index in [0.29, 0.717) is 5.46 Å². The second kappa shape index (κ2) is 5.15. The summed E-state index contributed by atoms with van der Waals surface area (Å²) in [6.45, 7) is 6.29. The van der Waals surface area contributed by atoms with E-state index in [4.69, 9.17) is 0 Å². The summed E-state index contributed by atoms with van der Waals surface area (Å²) in [6, 6.07) is 11.3. The predicted molar refractivity (Wildman–Crippen MR) is 78.2 cm³/mol. The van der Waals surface area contributed by atoms with Crippen LogP contribution in [0, 0.1) is 0 Å². The van der Waals surface area contributed by atoms with Crippen LogP contribution in [0.3, 0.4) is 0 Å². The fraction of sp³-hybridized carbons (Fsp3) is 0.267. The van der Waals surface area contributed by atoms with Crippen LogP contribution in [0.4, 0.5) is 0 Å². The first-order valence-electron chi connectivity index (χ1n) is 6.31. The van der Waals surface area contributed by atoms with Crippen LogP contribution in [0.2, 0.25) is 0 Å². The Balaban J connectivity index is 2.59. The molecule has 0 atom stereocenters. The van der Waals surface area contributed by atoms with Gasteiger partial charge in [-0.1, -0.05) is 39.0 Å². The largest absolute Gasteiger partial charge is 0.488 e. The number of hydrogen-bond donors (Lipinski definition) is 2. The van der Waals surface area contributed by atoms with Gasteiger partial charge < -0.3 is 10.0 Å². The summed E-state index contributed by atoms with van der Waals surface area (Å²) in [7, 11) is -1.47. The smallest absolute Gasteiger partial charge is 0.423 e. The molecule has 19 heavy (non-hydrogen) atoms. The number of benzene rings is 1. The van der Waals surface area contributed by atoms with Crippen LogP contribution >= 0.6 is 0 Å². The molecule has 0 bridgehead atoms. The van der Waals surface area contributed by atoms with Crippen molar-refractivity contribution in [1.82, 2.24) is 4.98 Å². The SMILES string of the molecule is CC(C)(C)c1cc(B(O)O)cc(-c2ccccn2)c1. The fourth-order valence-electron chi connectivity index (χ4n) is 1.92. The molecule has 4 heteroatoms. The zero-order chi connectivity index (χ0) is 14.0. The van der Waals surface area contributed by atoms with Gasteiger partial charge in [0.2, 0.25) is 0 Å². The van der Waals surface area contributed by atoms with Gasteiger partial charge in [-0.2, -0.15) is 0 Å². The third kappa shape index (κ3) is 3.22. The first kappa shape index (κ1) is 13.8. The van der Waals surface area contributed by atoms with Crippen molar-refractivity contribution in [1.29, 1.82) is 0 Å². The van der Waals surface area contributed by atoms with E-state index in [2.05, 4.69) is 25.8 Å². The lowest BCUT2D eigenvalue weighted by atomic mass is 9.75. The summed E-state index contributed by atoms with van der Waals surface area (Å²) in [5, 5.41) is 18.8. The minimum Gasteiger partial charge on any atom is -0.423 e. The Hall–Kier alpha value is -1.65. The summed E-state index contributed by atoms with van der Waals surface area (Å²) in [5.41, 5.74) is 3.22.